The van der Waals surface area contributed by atoms with E-state index in [1.807, 2.05) is 61.5 Å². The van der Waals surface area contributed by atoms with E-state index in [1.165, 1.54) is 11.1 Å². The minimum absolute atomic E-state index is 0.149. The number of nitrogens with one attached hydrogen (secondary N) is 2. The number of amides is 2. The number of rotatable bonds is 11. The van der Waals surface area contributed by atoms with Crippen molar-refractivity contribution < 1.29 is 22.6 Å². The van der Waals surface area contributed by atoms with Crippen molar-refractivity contribution in [2.45, 2.75) is 52.4 Å². The van der Waals surface area contributed by atoms with Crippen LogP contribution in [-0.2, 0) is 21.3 Å². The van der Waals surface area contributed by atoms with E-state index >= 15 is 0 Å². The van der Waals surface area contributed by atoms with Crippen LogP contribution < -0.4 is 10.6 Å². The monoisotopic (exact) mass is 684 g/mol. The van der Waals surface area contributed by atoms with Crippen molar-refractivity contribution in [3.8, 4) is 11.1 Å². The fourth-order valence-electron chi connectivity index (χ4n) is 5.97. The van der Waals surface area contributed by atoms with Gasteiger partial charge in [0.25, 0.3) is 16.0 Å². The molecule has 0 aliphatic heterocycles. The molecule has 7 nitrogen and oxygen atoms in total. The minimum Gasteiger partial charge on any atom is -0.351 e. The predicted molar refractivity (Wildman–Crippen MR) is 194 cm³/mol. The van der Waals surface area contributed by atoms with Gasteiger partial charge in [0.2, 0.25) is 5.91 Å². The minimum atomic E-state index is -4.17. The van der Waals surface area contributed by atoms with E-state index in [-0.39, 0.29) is 12.5 Å². The first-order valence-electron chi connectivity index (χ1n) is 16.1. The molecular formula is C39H41ClN2O5S. The number of carbonyl (C=O) groups excluding carboxylic acids is 2. The Kier molecular flexibility index (Phi) is 10.9. The summed E-state index contributed by atoms with van der Waals surface area (Å²) in [5, 5.41) is 6.29. The lowest BCUT2D eigenvalue weighted by Crippen LogP contribution is -2.28. The van der Waals surface area contributed by atoms with Crippen molar-refractivity contribution in [1.82, 2.24) is 5.32 Å². The molecule has 0 unspecified atom stereocenters. The first kappa shape index (κ1) is 35.1. The number of halogens is 1. The van der Waals surface area contributed by atoms with Crippen molar-refractivity contribution in [1.29, 1.82) is 0 Å². The molecule has 5 rings (SSSR count). The maximum absolute atomic E-state index is 13.9. The molecule has 0 aromatic heterocycles. The lowest BCUT2D eigenvalue weighted by Gasteiger charge is -2.28. The van der Waals surface area contributed by atoms with Gasteiger partial charge >= 0.3 is 0 Å². The second-order valence-electron chi connectivity index (χ2n) is 13.2. The summed E-state index contributed by atoms with van der Waals surface area (Å²) < 4.78 is 30.8. The Morgan fingerprint density at radius 3 is 2.19 bits per heavy atom. The number of carbonyl (C=O) groups is 2. The fourth-order valence-corrected chi connectivity index (χ4v) is 6.55. The molecule has 48 heavy (non-hydrogen) atoms. The molecule has 0 saturated heterocycles. The van der Waals surface area contributed by atoms with Gasteiger partial charge in [-0.15, -0.1) is 0 Å². The molecule has 1 atom stereocenters. The highest BCUT2D eigenvalue weighted by atomic mass is 35.5. The van der Waals surface area contributed by atoms with E-state index in [1.54, 1.807) is 24.3 Å². The Morgan fingerprint density at radius 1 is 0.917 bits per heavy atom. The first-order chi connectivity index (χ1) is 22.8. The molecule has 9 heteroatoms. The van der Waals surface area contributed by atoms with E-state index in [4.69, 9.17) is 16.2 Å². The van der Waals surface area contributed by atoms with Crippen molar-refractivity contribution in [2.75, 3.05) is 17.6 Å². The average molecular weight is 685 g/mol. The summed E-state index contributed by atoms with van der Waals surface area (Å²) in [6, 6.07) is 28.7. The van der Waals surface area contributed by atoms with Gasteiger partial charge in [-0.05, 0) is 113 Å². The molecule has 0 spiro atoms. The number of hydrogen-bond acceptors (Lipinski definition) is 4. The number of aryl methyl sites for hydroxylation is 1. The summed E-state index contributed by atoms with van der Waals surface area (Å²) >= 11 is 6.14. The molecule has 2 amide bonds. The summed E-state index contributed by atoms with van der Waals surface area (Å²) in [6.45, 7) is 6.40. The molecule has 0 fully saturated rings. The predicted octanol–water partition coefficient (Wildman–Crippen LogP) is 8.49. The first-order valence-corrected chi connectivity index (χ1v) is 18.0. The quantitative estimate of drug-likeness (QED) is 0.137. The second kappa shape index (κ2) is 14.9. The highest BCUT2D eigenvalue weighted by Crippen LogP contribution is 2.38. The molecule has 4 aromatic rings. The molecule has 250 valence electrons. The van der Waals surface area contributed by atoms with Gasteiger partial charge in [0.15, 0.2) is 0 Å². The molecule has 0 heterocycles. The fraction of sp³-hybridized carbons (Fsp3) is 0.282. The summed E-state index contributed by atoms with van der Waals surface area (Å²) in [7, 11) is -4.17. The Balaban J connectivity index is 1.35. The van der Waals surface area contributed by atoms with Crippen molar-refractivity contribution in [3.63, 3.8) is 0 Å². The summed E-state index contributed by atoms with van der Waals surface area (Å²) in [5.41, 5.74) is 8.76. The molecule has 0 saturated carbocycles. The Morgan fingerprint density at radius 2 is 1.58 bits per heavy atom. The molecular weight excluding hydrogens is 644 g/mol. The lowest BCUT2D eigenvalue weighted by atomic mass is 9.77. The normalized spacial score (nSPS) is 14.9. The third-order valence-electron chi connectivity index (χ3n) is 8.93. The highest BCUT2D eigenvalue weighted by Gasteiger charge is 2.24. The van der Waals surface area contributed by atoms with E-state index in [0.717, 1.165) is 47.1 Å². The topological polar surface area (TPSA) is 113 Å². The van der Waals surface area contributed by atoms with Crippen LogP contribution in [-0.4, -0.2) is 37.1 Å². The van der Waals surface area contributed by atoms with Gasteiger partial charge in [-0.2, -0.15) is 8.42 Å². The number of hydrogen-bond donors (Lipinski definition) is 3. The highest BCUT2D eigenvalue weighted by molar-refractivity contribution is 7.85. The van der Waals surface area contributed by atoms with Crippen LogP contribution in [0, 0.1) is 12.3 Å². The average Bonchev–Trinajstić information content (AvgIpc) is 3.04. The summed E-state index contributed by atoms with van der Waals surface area (Å²) in [5.74, 6) is -1.67. The van der Waals surface area contributed by atoms with Gasteiger partial charge < -0.3 is 10.6 Å². The van der Waals surface area contributed by atoms with Crippen LogP contribution in [0.1, 0.15) is 71.6 Å². The van der Waals surface area contributed by atoms with Crippen molar-refractivity contribution in [2.24, 2.45) is 5.41 Å². The SMILES string of the molecule is Cc1cc(Cl)ccc1-c1ccc(NC(=O)[C@@H](Cc2ccc(C(=O)NCCS(=O)(=O)O)cc2)c2ccc(C3=CCC(C)(C)CC3)cc2)cc1. The number of anilines is 1. The van der Waals surface area contributed by atoms with Crippen molar-refractivity contribution in [3.05, 3.63) is 130 Å². The molecule has 4 aromatic carbocycles. The molecule has 0 radical (unpaired) electrons. The van der Waals surface area contributed by atoms with Gasteiger partial charge in [0.1, 0.15) is 0 Å². The standard InChI is InChI=1S/C39H41ClN2O5S/c1-26-24-33(40)14-17-35(26)30-12-15-34(16-13-30)42-38(44)36(31-10-8-28(9-11-31)29-18-20-39(2,3)21-19-29)25-27-4-6-32(7-5-27)37(43)41-22-23-48(45,46)47/h4-18,24,36H,19-23,25H2,1-3H3,(H,41,43)(H,42,44)(H,45,46,47)/t36-/m0/s1. The van der Waals surface area contributed by atoms with Crippen LogP contribution >= 0.6 is 11.6 Å². The van der Waals surface area contributed by atoms with Crippen LogP contribution in [0.4, 0.5) is 5.69 Å². The third-order valence-corrected chi connectivity index (χ3v) is 9.88. The lowest BCUT2D eigenvalue weighted by molar-refractivity contribution is -0.117. The van der Waals surface area contributed by atoms with Gasteiger partial charge in [-0.1, -0.05) is 86.1 Å². The maximum Gasteiger partial charge on any atom is 0.266 e. The van der Waals surface area contributed by atoms with Crippen LogP contribution in [0.15, 0.2) is 97.1 Å². The summed E-state index contributed by atoms with van der Waals surface area (Å²) in [4.78, 5) is 26.4. The molecule has 0 bridgehead atoms. The van der Waals surface area contributed by atoms with Gasteiger partial charge in [-0.25, -0.2) is 0 Å². The van der Waals surface area contributed by atoms with E-state index in [0.29, 0.717) is 28.1 Å². The van der Waals surface area contributed by atoms with Crippen LogP contribution in [0.5, 0.6) is 0 Å². The van der Waals surface area contributed by atoms with Crippen LogP contribution in [0.3, 0.4) is 0 Å². The Labute approximate surface area is 288 Å². The molecule has 3 N–H and O–H groups in total. The zero-order valence-electron chi connectivity index (χ0n) is 27.4. The van der Waals surface area contributed by atoms with E-state index in [2.05, 4.69) is 42.7 Å². The smallest absolute Gasteiger partial charge is 0.266 e. The van der Waals surface area contributed by atoms with Crippen LogP contribution in [0.2, 0.25) is 5.02 Å². The van der Waals surface area contributed by atoms with E-state index in [9.17, 15) is 18.0 Å². The van der Waals surface area contributed by atoms with Crippen molar-refractivity contribution >= 4 is 44.8 Å². The van der Waals surface area contributed by atoms with Gasteiger partial charge in [-0.3, -0.25) is 14.1 Å². The van der Waals surface area contributed by atoms with Gasteiger partial charge in [0, 0.05) is 22.8 Å². The number of allylic oxidation sites excluding steroid dienone is 2. The Bertz CT molecular complexity index is 1920. The Hall–Kier alpha value is -4.24. The van der Waals surface area contributed by atoms with E-state index < -0.39 is 27.7 Å². The van der Waals surface area contributed by atoms with Gasteiger partial charge in [0.05, 0.1) is 11.7 Å². The molecule has 1 aliphatic carbocycles. The summed E-state index contributed by atoms with van der Waals surface area (Å²) in [6.07, 6.45) is 5.93. The number of benzene rings is 4. The second-order valence-corrected chi connectivity index (χ2v) is 15.2. The zero-order chi connectivity index (χ0) is 34.5. The largest absolute Gasteiger partial charge is 0.351 e. The van der Waals surface area contributed by atoms with Crippen LogP contribution in [0.25, 0.3) is 16.7 Å². The zero-order valence-corrected chi connectivity index (χ0v) is 29.0. The molecule has 1 aliphatic rings. The maximum atomic E-state index is 13.9. The third kappa shape index (κ3) is 9.43.